The number of nitrogens with two attached hydrogens (primary N) is 1. The molecule has 20 heavy (non-hydrogen) atoms. The molecule has 1 aliphatic heterocycles. The largest absolute Gasteiger partial charge is 0.389 e. The minimum atomic E-state index is -0.728. The van der Waals surface area contributed by atoms with E-state index in [1.54, 1.807) is 0 Å². The molecule has 3 N–H and O–H groups in total. The van der Waals surface area contributed by atoms with Gasteiger partial charge in [0, 0.05) is 45.0 Å². The van der Waals surface area contributed by atoms with Gasteiger partial charge in [0.25, 0.3) is 0 Å². The SMILES string of the molecule is Cc1cccc(N2CCN(CCC(C)(O)CN)CC2)c1. The Balaban J connectivity index is 1.81. The first kappa shape index (κ1) is 15.3. The summed E-state index contributed by atoms with van der Waals surface area (Å²) in [5.74, 6) is 0. The van der Waals surface area contributed by atoms with Gasteiger partial charge in [-0.25, -0.2) is 0 Å². The van der Waals surface area contributed by atoms with E-state index in [0.29, 0.717) is 6.54 Å². The van der Waals surface area contributed by atoms with Crippen molar-refractivity contribution in [3.8, 4) is 0 Å². The molecule has 4 nitrogen and oxygen atoms in total. The van der Waals surface area contributed by atoms with Gasteiger partial charge in [-0.05, 0) is 38.0 Å². The minimum absolute atomic E-state index is 0.330. The third kappa shape index (κ3) is 4.20. The van der Waals surface area contributed by atoms with Crippen LogP contribution in [-0.2, 0) is 0 Å². The molecule has 0 spiro atoms. The lowest BCUT2D eigenvalue weighted by atomic mass is 10.0. The van der Waals surface area contributed by atoms with Crippen LogP contribution in [0.4, 0.5) is 5.69 Å². The van der Waals surface area contributed by atoms with E-state index in [0.717, 1.165) is 39.1 Å². The summed E-state index contributed by atoms with van der Waals surface area (Å²) in [6.07, 6.45) is 0.744. The molecule has 4 heteroatoms. The fraction of sp³-hybridized carbons (Fsp3) is 0.625. The highest BCUT2D eigenvalue weighted by atomic mass is 16.3. The van der Waals surface area contributed by atoms with Crippen LogP contribution in [0.15, 0.2) is 24.3 Å². The van der Waals surface area contributed by atoms with E-state index in [1.165, 1.54) is 11.3 Å². The lowest BCUT2D eigenvalue weighted by Gasteiger charge is -2.37. The van der Waals surface area contributed by atoms with Gasteiger partial charge in [-0.1, -0.05) is 12.1 Å². The van der Waals surface area contributed by atoms with E-state index in [-0.39, 0.29) is 0 Å². The first-order valence-electron chi connectivity index (χ1n) is 7.47. The Morgan fingerprint density at radius 3 is 2.55 bits per heavy atom. The molecule has 0 saturated carbocycles. The second-order valence-electron chi connectivity index (χ2n) is 6.12. The van der Waals surface area contributed by atoms with Crippen LogP contribution < -0.4 is 10.6 Å². The predicted molar refractivity (Wildman–Crippen MR) is 84.1 cm³/mol. The van der Waals surface area contributed by atoms with Crippen molar-refractivity contribution < 1.29 is 5.11 Å². The number of rotatable bonds is 5. The highest BCUT2D eigenvalue weighted by Crippen LogP contribution is 2.18. The molecule has 0 amide bonds. The van der Waals surface area contributed by atoms with Crippen LogP contribution in [0.3, 0.4) is 0 Å². The zero-order valence-electron chi connectivity index (χ0n) is 12.7. The number of aliphatic hydroxyl groups is 1. The summed E-state index contributed by atoms with van der Waals surface area (Å²) in [6, 6.07) is 8.68. The fourth-order valence-corrected chi connectivity index (χ4v) is 2.56. The van der Waals surface area contributed by atoms with E-state index in [9.17, 15) is 5.11 Å². The summed E-state index contributed by atoms with van der Waals surface area (Å²) in [5, 5.41) is 9.95. The van der Waals surface area contributed by atoms with E-state index in [4.69, 9.17) is 5.73 Å². The molecule has 0 aromatic heterocycles. The molecule has 1 unspecified atom stereocenters. The maximum absolute atomic E-state index is 9.95. The Morgan fingerprint density at radius 1 is 1.25 bits per heavy atom. The van der Waals surface area contributed by atoms with Crippen LogP contribution >= 0.6 is 0 Å². The average Bonchev–Trinajstić information content (AvgIpc) is 2.46. The minimum Gasteiger partial charge on any atom is -0.389 e. The number of piperazine rings is 1. The first-order valence-corrected chi connectivity index (χ1v) is 7.47. The monoisotopic (exact) mass is 277 g/mol. The van der Waals surface area contributed by atoms with Crippen LogP contribution in [0.5, 0.6) is 0 Å². The average molecular weight is 277 g/mol. The van der Waals surface area contributed by atoms with Gasteiger partial charge in [0.2, 0.25) is 0 Å². The molecule has 1 aliphatic rings. The Kier molecular flexibility index (Phi) is 5.02. The number of anilines is 1. The molecule has 1 saturated heterocycles. The van der Waals surface area contributed by atoms with Crippen LogP contribution in [0.25, 0.3) is 0 Å². The summed E-state index contributed by atoms with van der Waals surface area (Å²) in [7, 11) is 0. The molecular formula is C16H27N3O. The number of hydrogen-bond donors (Lipinski definition) is 2. The summed E-state index contributed by atoms with van der Waals surface area (Å²) in [4.78, 5) is 4.85. The molecule has 1 fully saturated rings. The van der Waals surface area contributed by atoms with Crippen molar-refractivity contribution in [3.05, 3.63) is 29.8 Å². The zero-order valence-corrected chi connectivity index (χ0v) is 12.7. The normalized spacial score (nSPS) is 19.9. The van der Waals surface area contributed by atoms with Gasteiger partial charge in [0.1, 0.15) is 0 Å². The van der Waals surface area contributed by atoms with E-state index >= 15 is 0 Å². The van der Waals surface area contributed by atoms with Gasteiger partial charge < -0.3 is 15.7 Å². The summed E-state index contributed by atoms with van der Waals surface area (Å²) < 4.78 is 0. The van der Waals surface area contributed by atoms with Crippen LogP contribution in [0.2, 0.25) is 0 Å². The van der Waals surface area contributed by atoms with Gasteiger partial charge in [-0.2, -0.15) is 0 Å². The number of benzene rings is 1. The molecule has 1 heterocycles. The molecule has 0 radical (unpaired) electrons. The molecule has 0 bridgehead atoms. The molecule has 112 valence electrons. The summed E-state index contributed by atoms with van der Waals surface area (Å²) >= 11 is 0. The standard InChI is InChI=1S/C16H27N3O/c1-14-4-3-5-15(12-14)19-10-8-18(9-11-19)7-6-16(2,20)13-17/h3-5,12,20H,6-11,13,17H2,1-2H3. The Labute approximate surface area is 122 Å². The zero-order chi connectivity index (χ0) is 14.6. The van der Waals surface area contributed by atoms with E-state index < -0.39 is 5.60 Å². The van der Waals surface area contributed by atoms with Crippen molar-refractivity contribution >= 4 is 5.69 Å². The maximum atomic E-state index is 9.95. The third-order valence-corrected chi connectivity index (χ3v) is 4.15. The molecule has 1 aromatic carbocycles. The number of hydrogen-bond acceptors (Lipinski definition) is 4. The second kappa shape index (κ2) is 6.57. The Morgan fingerprint density at radius 2 is 1.95 bits per heavy atom. The molecule has 1 atom stereocenters. The predicted octanol–water partition coefficient (Wildman–Crippen LogP) is 1.22. The van der Waals surface area contributed by atoms with Crippen molar-refractivity contribution in [2.75, 3.05) is 44.2 Å². The Bertz CT molecular complexity index is 425. The summed E-state index contributed by atoms with van der Waals surface area (Å²) in [5.41, 5.74) is 7.46. The third-order valence-electron chi connectivity index (χ3n) is 4.15. The highest BCUT2D eigenvalue weighted by molar-refractivity contribution is 5.48. The Hall–Kier alpha value is -1.10. The number of aryl methyl sites for hydroxylation is 1. The quantitative estimate of drug-likeness (QED) is 0.849. The molecule has 1 aromatic rings. The van der Waals surface area contributed by atoms with Crippen molar-refractivity contribution in [2.45, 2.75) is 25.9 Å². The smallest absolute Gasteiger partial charge is 0.0753 e. The van der Waals surface area contributed by atoms with Crippen LogP contribution in [0.1, 0.15) is 18.9 Å². The lowest BCUT2D eigenvalue weighted by molar-refractivity contribution is 0.0470. The van der Waals surface area contributed by atoms with Gasteiger partial charge >= 0.3 is 0 Å². The lowest BCUT2D eigenvalue weighted by Crippen LogP contribution is -2.48. The van der Waals surface area contributed by atoms with Gasteiger partial charge in [0.15, 0.2) is 0 Å². The van der Waals surface area contributed by atoms with Crippen molar-refractivity contribution in [2.24, 2.45) is 5.73 Å². The van der Waals surface area contributed by atoms with Crippen molar-refractivity contribution in [1.82, 2.24) is 4.90 Å². The first-order chi connectivity index (χ1) is 9.50. The fourth-order valence-electron chi connectivity index (χ4n) is 2.56. The van der Waals surface area contributed by atoms with Crippen LogP contribution in [0, 0.1) is 6.92 Å². The van der Waals surface area contributed by atoms with E-state index in [1.807, 2.05) is 6.92 Å². The van der Waals surface area contributed by atoms with E-state index in [2.05, 4.69) is 41.0 Å². The number of nitrogens with zero attached hydrogens (tertiary/aromatic N) is 2. The second-order valence-corrected chi connectivity index (χ2v) is 6.12. The summed E-state index contributed by atoms with van der Waals surface area (Å²) in [6.45, 7) is 9.40. The van der Waals surface area contributed by atoms with Crippen LogP contribution in [-0.4, -0.2) is 54.9 Å². The van der Waals surface area contributed by atoms with Crippen molar-refractivity contribution in [3.63, 3.8) is 0 Å². The van der Waals surface area contributed by atoms with Gasteiger partial charge in [-0.3, -0.25) is 4.90 Å². The highest BCUT2D eigenvalue weighted by Gasteiger charge is 2.22. The maximum Gasteiger partial charge on any atom is 0.0753 e. The van der Waals surface area contributed by atoms with Gasteiger partial charge in [0.05, 0.1) is 5.60 Å². The molecule has 0 aliphatic carbocycles. The van der Waals surface area contributed by atoms with Crippen molar-refractivity contribution in [1.29, 1.82) is 0 Å². The topological polar surface area (TPSA) is 52.7 Å². The molecular weight excluding hydrogens is 250 g/mol. The molecule has 2 rings (SSSR count). The van der Waals surface area contributed by atoms with Gasteiger partial charge in [-0.15, -0.1) is 0 Å².